The van der Waals surface area contributed by atoms with Crippen molar-refractivity contribution in [2.75, 3.05) is 17.3 Å². The molecule has 1 amide bonds. The van der Waals surface area contributed by atoms with Crippen LogP contribution in [-0.4, -0.2) is 26.4 Å². The molecule has 3 N–H and O–H groups in total. The van der Waals surface area contributed by atoms with E-state index in [9.17, 15) is 13.2 Å². The summed E-state index contributed by atoms with van der Waals surface area (Å²) in [4.78, 5) is 11.7. The third kappa shape index (κ3) is 4.78. The predicted octanol–water partition coefficient (Wildman–Crippen LogP) is 2.02. The van der Waals surface area contributed by atoms with Crippen LogP contribution < -0.4 is 11.1 Å². The number of nitrogens with two attached hydrogens (primary N) is 1. The van der Waals surface area contributed by atoms with Crippen LogP contribution in [0.2, 0.25) is 0 Å². The molecule has 0 spiro atoms. The molecule has 19 heavy (non-hydrogen) atoms. The summed E-state index contributed by atoms with van der Waals surface area (Å²) in [5.74, 6) is 0. The lowest BCUT2D eigenvalue weighted by Gasteiger charge is -2.20. The highest BCUT2D eigenvalue weighted by Crippen LogP contribution is 2.23. The standard InChI is InChI=1S/C12H18N2O4S/c1-12(2,3)18-11(15)14-10-6-5-8(7-9(10)13)19(4,16)17/h5-7H,13H2,1-4H3,(H,14,15). The molecule has 1 aromatic rings. The zero-order chi connectivity index (χ0) is 14.8. The molecule has 1 rings (SSSR count). The summed E-state index contributed by atoms with van der Waals surface area (Å²) < 4.78 is 27.7. The SMILES string of the molecule is CC(C)(C)OC(=O)Nc1ccc(S(C)(=O)=O)cc1N. The maximum absolute atomic E-state index is 11.6. The predicted molar refractivity (Wildman–Crippen MR) is 73.8 cm³/mol. The smallest absolute Gasteiger partial charge is 0.412 e. The molecule has 0 atom stereocenters. The Labute approximate surface area is 112 Å². The van der Waals surface area contributed by atoms with Crippen molar-refractivity contribution in [3.8, 4) is 0 Å². The molecule has 0 heterocycles. The molecule has 0 aliphatic rings. The van der Waals surface area contributed by atoms with Gasteiger partial charge in [-0.15, -0.1) is 0 Å². The van der Waals surface area contributed by atoms with Gasteiger partial charge in [0.15, 0.2) is 9.84 Å². The van der Waals surface area contributed by atoms with Crippen LogP contribution in [0.1, 0.15) is 20.8 Å². The number of carbonyl (C=O) groups excluding carboxylic acids is 1. The van der Waals surface area contributed by atoms with E-state index in [0.29, 0.717) is 5.69 Å². The van der Waals surface area contributed by atoms with Gasteiger partial charge in [0.2, 0.25) is 0 Å². The Morgan fingerprint density at radius 1 is 1.32 bits per heavy atom. The van der Waals surface area contributed by atoms with E-state index >= 15 is 0 Å². The fourth-order valence-electron chi connectivity index (χ4n) is 1.30. The highest BCUT2D eigenvalue weighted by Gasteiger charge is 2.17. The molecule has 7 heteroatoms. The van der Waals surface area contributed by atoms with Gasteiger partial charge in [-0.2, -0.15) is 0 Å². The normalized spacial score (nSPS) is 12.0. The molecule has 0 saturated heterocycles. The van der Waals surface area contributed by atoms with Crippen molar-refractivity contribution in [1.82, 2.24) is 0 Å². The van der Waals surface area contributed by atoms with E-state index in [1.807, 2.05) is 0 Å². The molecule has 0 fully saturated rings. The fourth-order valence-corrected chi connectivity index (χ4v) is 1.96. The van der Waals surface area contributed by atoms with Gasteiger partial charge in [-0.05, 0) is 39.0 Å². The summed E-state index contributed by atoms with van der Waals surface area (Å²) in [6, 6.07) is 4.09. The van der Waals surface area contributed by atoms with Gasteiger partial charge >= 0.3 is 6.09 Å². The molecule has 0 bridgehead atoms. The number of hydrogen-bond donors (Lipinski definition) is 2. The summed E-state index contributed by atoms with van der Waals surface area (Å²) in [5, 5.41) is 2.46. The van der Waals surface area contributed by atoms with Crippen molar-refractivity contribution >= 4 is 27.3 Å². The van der Waals surface area contributed by atoms with E-state index in [-0.39, 0.29) is 10.6 Å². The van der Waals surface area contributed by atoms with Gasteiger partial charge in [-0.3, -0.25) is 5.32 Å². The highest BCUT2D eigenvalue weighted by molar-refractivity contribution is 7.90. The van der Waals surface area contributed by atoms with Crippen molar-refractivity contribution in [2.45, 2.75) is 31.3 Å². The number of anilines is 2. The maximum atomic E-state index is 11.6. The van der Waals surface area contributed by atoms with E-state index in [1.165, 1.54) is 18.2 Å². The fraction of sp³-hybridized carbons (Fsp3) is 0.417. The Kier molecular flexibility index (Phi) is 4.09. The maximum Gasteiger partial charge on any atom is 0.412 e. The third-order valence-electron chi connectivity index (χ3n) is 2.09. The van der Waals surface area contributed by atoms with Crippen molar-refractivity contribution < 1.29 is 17.9 Å². The quantitative estimate of drug-likeness (QED) is 0.810. The number of carbonyl (C=O) groups is 1. The number of benzene rings is 1. The molecular formula is C12H18N2O4S. The van der Waals surface area contributed by atoms with Crippen LogP contribution in [0.3, 0.4) is 0 Å². The van der Waals surface area contributed by atoms with Gasteiger partial charge in [0.1, 0.15) is 5.60 Å². The Morgan fingerprint density at radius 2 is 1.89 bits per heavy atom. The van der Waals surface area contributed by atoms with Crippen LogP contribution in [0.15, 0.2) is 23.1 Å². The molecule has 106 valence electrons. The zero-order valence-corrected chi connectivity index (χ0v) is 12.2. The zero-order valence-electron chi connectivity index (χ0n) is 11.4. The Morgan fingerprint density at radius 3 is 2.32 bits per heavy atom. The van der Waals surface area contributed by atoms with Crippen LogP contribution in [0.5, 0.6) is 0 Å². The lowest BCUT2D eigenvalue weighted by atomic mass is 10.2. The Balaban J connectivity index is 2.90. The molecule has 0 aliphatic carbocycles. The molecule has 6 nitrogen and oxygen atoms in total. The minimum absolute atomic E-state index is 0.0970. The first-order valence-electron chi connectivity index (χ1n) is 5.58. The van der Waals surface area contributed by atoms with Crippen molar-refractivity contribution in [3.05, 3.63) is 18.2 Å². The van der Waals surface area contributed by atoms with E-state index < -0.39 is 21.5 Å². The second-order valence-electron chi connectivity index (χ2n) is 5.15. The molecule has 1 aromatic carbocycles. The molecule has 0 aromatic heterocycles. The second-order valence-corrected chi connectivity index (χ2v) is 7.16. The average molecular weight is 286 g/mol. The van der Waals surface area contributed by atoms with E-state index in [1.54, 1.807) is 20.8 Å². The van der Waals surface area contributed by atoms with Crippen LogP contribution in [0, 0.1) is 0 Å². The first-order valence-corrected chi connectivity index (χ1v) is 7.48. The van der Waals surface area contributed by atoms with Crippen LogP contribution >= 0.6 is 0 Å². The van der Waals surface area contributed by atoms with Gasteiger partial charge in [-0.25, -0.2) is 13.2 Å². The number of ether oxygens (including phenoxy) is 1. The number of nitrogen functional groups attached to an aromatic ring is 1. The number of nitrogens with one attached hydrogen (secondary N) is 1. The lowest BCUT2D eigenvalue weighted by molar-refractivity contribution is 0.0636. The molecule has 0 unspecified atom stereocenters. The van der Waals surface area contributed by atoms with Gasteiger partial charge in [-0.1, -0.05) is 0 Å². The minimum Gasteiger partial charge on any atom is -0.444 e. The first kappa shape index (κ1) is 15.3. The summed E-state index contributed by atoms with van der Waals surface area (Å²) in [6.07, 6.45) is 0.439. The number of amides is 1. The van der Waals surface area contributed by atoms with Crippen molar-refractivity contribution in [2.24, 2.45) is 0 Å². The Bertz CT molecular complexity index is 588. The summed E-state index contributed by atoms with van der Waals surface area (Å²) >= 11 is 0. The number of hydrogen-bond acceptors (Lipinski definition) is 5. The molecule has 0 saturated carbocycles. The number of sulfone groups is 1. The van der Waals surface area contributed by atoms with Gasteiger partial charge < -0.3 is 10.5 Å². The molecule has 0 radical (unpaired) electrons. The van der Waals surface area contributed by atoms with Crippen molar-refractivity contribution in [1.29, 1.82) is 0 Å². The second kappa shape index (κ2) is 5.08. The van der Waals surface area contributed by atoms with E-state index in [0.717, 1.165) is 6.26 Å². The minimum atomic E-state index is -3.32. The Hall–Kier alpha value is -1.76. The third-order valence-corrected chi connectivity index (χ3v) is 3.20. The topological polar surface area (TPSA) is 98.5 Å². The monoisotopic (exact) mass is 286 g/mol. The van der Waals surface area contributed by atoms with E-state index in [2.05, 4.69) is 5.32 Å². The summed E-state index contributed by atoms with van der Waals surface area (Å²) in [5.41, 5.74) is 5.54. The van der Waals surface area contributed by atoms with Gasteiger partial charge in [0, 0.05) is 6.26 Å². The first-order chi connectivity index (χ1) is 8.49. The largest absolute Gasteiger partial charge is 0.444 e. The summed E-state index contributed by atoms with van der Waals surface area (Å²) in [6.45, 7) is 5.22. The lowest BCUT2D eigenvalue weighted by Crippen LogP contribution is -2.27. The summed E-state index contributed by atoms with van der Waals surface area (Å²) in [7, 11) is -3.32. The van der Waals surface area contributed by atoms with Gasteiger partial charge in [0.25, 0.3) is 0 Å². The van der Waals surface area contributed by atoms with Crippen LogP contribution in [0.4, 0.5) is 16.2 Å². The van der Waals surface area contributed by atoms with Crippen LogP contribution in [-0.2, 0) is 14.6 Å². The van der Waals surface area contributed by atoms with Gasteiger partial charge in [0.05, 0.1) is 16.3 Å². The van der Waals surface area contributed by atoms with E-state index in [4.69, 9.17) is 10.5 Å². The molecular weight excluding hydrogens is 268 g/mol. The molecule has 0 aliphatic heterocycles. The highest BCUT2D eigenvalue weighted by atomic mass is 32.2. The number of rotatable bonds is 2. The van der Waals surface area contributed by atoms with Crippen molar-refractivity contribution in [3.63, 3.8) is 0 Å². The van der Waals surface area contributed by atoms with Crippen LogP contribution in [0.25, 0.3) is 0 Å². The average Bonchev–Trinajstić information content (AvgIpc) is 2.16.